The standard InChI is InChI=1S/C45H48N6O6/c46-42(55)37-22-24-47-39(52)20-21-41(54)51-25-9-23-45(30-51,28-32-10-3-1-4-11-32)44(57)50-38(26-31-16-18-34(19-17-31)33-12-5-2-6-13-33)43(56)48-29-36-15-8-7-14-35(36)27-40(53)49-37/h1-8,10-21,37-38H,9,22-30H2,(H2,46,55)(H,47,52)(H,48,56)(H,49,53)(H,50,57)/b21-20+/t37-,38-,45-/m0/s1. The van der Waals surface area contributed by atoms with Crippen LogP contribution in [0.2, 0.25) is 0 Å². The van der Waals surface area contributed by atoms with E-state index in [2.05, 4.69) is 21.3 Å². The van der Waals surface area contributed by atoms with E-state index in [0.717, 1.165) is 34.4 Å². The average molecular weight is 769 g/mol. The van der Waals surface area contributed by atoms with Gasteiger partial charge in [0.1, 0.15) is 12.1 Å². The SMILES string of the molecule is NC(=O)[C@@H]1CCNC(=O)/C=C/C(=O)N2CCC[C@](Cc3ccccc3)(C2)C(=O)N[C@@H](Cc2ccc(-c3ccccc3)cc2)C(=O)NCc2ccccc2CC(=O)N1. The summed E-state index contributed by atoms with van der Waals surface area (Å²) < 4.78 is 0. The molecule has 0 radical (unpaired) electrons. The molecule has 6 amide bonds. The second-order valence-electron chi connectivity index (χ2n) is 14.7. The molecule has 57 heavy (non-hydrogen) atoms. The molecule has 12 nitrogen and oxygen atoms in total. The number of rotatable bonds is 6. The molecule has 4 aromatic carbocycles. The lowest BCUT2D eigenvalue weighted by atomic mass is 9.74. The Balaban J connectivity index is 1.33. The molecule has 0 aromatic heterocycles. The fourth-order valence-electron chi connectivity index (χ4n) is 7.50. The van der Waals surface area contributed by atoms with Crippen LogP contribution in [0.25, 0.3) is 11.1 Å². The van der Waals surface area contributed by atoms with Gasteiger partial charge >= 0.3 is 0 Å². The van der Waals surface area contributed by atoms with Gasteiger partial charge in [0.05, 0.1) is 11.8 Å². The van der Waals surface area contributed by atoms with Gasteiger partial charge in [-0.15, -0.1) is 0 Å². The van der Waals surface area contributed by atoms with Gasteiger partial charge in [0.25, 0.3) is 0 Å². The Labute approximate surface area is 332 Å². The summed E-state index contributed by atoms with van der Waals surface area (Å²) in [7, 11) is 0. The number of primary amides is 1. The molecule has 3 atom stereocenters. The first-order valence-electron chi connectivity index (χ1n) is 19.3. The van der Waals surface area contributed by atoms with Crippen molar-refractivity contribution in [2.45, 2.75) is 57.2 Å². The third kappa shape index (κ3) is 10.8. The molecule has 12 heteroatoms. The largest absolute Gasteiger partial charge is 0.368 e. The lowest BCUT2D eigenvalue weighted by molar-refractivity contribution is -0.141. The van der Waals surface area contributed by atoms with E-state index in [0.29, 0.717) is 36.9 Å². The lowest BCUT2D eigenvalue weighted by Gasteiger charge is -2.42. The summed E-state index contributed by atoms with van der Waals surface area (Å²) in [6.45, 7) is 0.532. The number of carbonyl (C=O) groups is 6. The predicted molar refractivity (Wildman–Crippen MR) is 216 cm³/mol. The van der Waals surface area contributed by atoms with Crippen LogP contribution in [-0.4, -0.2) is 72.1 Å². The number of amides is 6. The fraction of sp³-hybridized carbons (Fsp3) is 0.289. The molecule has 1 saturated heterocycles. The van der Waals surface area contributed by atoms with Crippen LogP contribution in [0.5, 0.6) is 0 Å². The number of hydrogen-bond acceptors (Lipinski definition) is 6. The molecule has 0 unspecified atom stereocenters. The highest BCUT2D eigenvalue weighted by Crippen LogP contribution is 2.35. The van der Waals surface area contributed by atoms with Crippen molar-refractivity contribution < 1.29 is 28.8 Å². The number of fused-ring (bicyclic) bond motifs is 3. The van der Waals surface area contributed by atoms with Crippen molar-refractivity contribution in [1.29, 1.82) is 0 Å². The van der Waals surface area contributed by atoms with Gasteiger partial charge in [0, 0.05) is 44.8 Å². The molecule has 0 spiro atoms. The maximum Gasteiger partial charge on any atom is 0.246 e. The Morgan fingerprint density at radius 3 is 2.12 bits per heavy atom. The van der Waals surface area contributed by atoms with Crippen LogP contribution in [0.15, 0.2) is 121 Å². The van der Waals surface area contributed by atoms with Crippen LogP contribution in [0, 0.1) is 5.41 Å². The third-order valence-corrected chi connectivity index (χ3v) is 10.6. The zero-order chi connectivity index (χ0) is 40.2. The normalized spacial score (nSPS) is 22.0. The minimum atomic E-state index is -1.08. The number of piperidine rings is 1. The zero-order valence-corrected chi connectivity index (χ0v) is 31.7. The second kappa shape index (κ2) is 18.9. The van der Waals surface area contributed by atoms with E-state index < -0.39 is 47.0 Å². The van der Waals surface area contributed by atoms with Gasteiger partial charge < -0.3 is 31.9 Å². The van der Waals surface area contributed by atoms with Gasteiger partial charge in [-0.3, -0.25) is 28.8 Å². The Kier molecular flexibility index (Phi) is 13.3. The molecular formula is C45H48N6O6. The molecule has 2 heterocycles. The van der Waals surface area contributed by atoms with Gasteiger partial charge in [0.2, 0.25) is 35.4 Å². The van der Waals surface area contributed by atoms with Crippen molar-refractivity contribution in [3.63, 3.8) is 0 Å². The van der Waals surface area contributed by atoms with Crippen molar-refractivity contribution in [2.75, 3.05) is 19.6 Å². The van der Waals surface area contributed by atoms with Crippen LogP contribution in [-0.2, 0) is 54.6 Å². The number of nitrogens with zero attached hydrogens (tertiary/aromatic N) is 1. The summed E-state index contributed by atoms with van der Waals surface area (Å²) in [5.41, 5.74) is 9.61. The first kappa shape index (κ1) is 40.1. The van der Waals surface area contributed by atoms with Crippen molar-refractivity contribution >= 4 is 35.4 Å². The Morgan fingerprint density at radius 1 is 0.737 bits per heavy atom. The highest BCUT2D eigenvalue weighted by atomic mass is 16.2. The average Bonchev–Trinajstić information content (AvgIpc) is 3.22. The van der Waals surface area contributed by atoms with E-state index in [4.69, 9.17) is 5.73 Å². The number of hydrogen-bond donors (Lipinski definition) is 5. The Hall–Kier alpha value is -6.56. The molecule has 2 aliphatic rings. The molecule has 6 N–H and O–H groups in total. The van der Waals surface area contributed by atoms with E-state index in [9.17, 15) is 28.8 Å². The van der Waals surface area contributed by atoms with Crippen LogP contribution < -0.4 is 27.0 Å². The van der Waals surface area contributed by atoms with Gasteiger partial charge in [-0.2, -0.15) is 0 Å². The number of carbonyl (C=O) groups excluding carboxylic acids is 6. The van der Waals surface area contributed by atoms with Crippen LogP contribution >= 0.6 is 0 Å². The summed E-state index contributed by atoms with van der Waals surface area (Å²) in [5.74, 6) is -3.00. The van der Waals surface area contributed by atoms with Crippen molar-refractivity contribution in [1.82, 2.24) is 26.2 Å². The lowest BCUT2D eigenvalue weighted by Crippen LogP contribution is -2.58. The van der Waals surface area contributed by atoms with E-state index in [1.165, 1.54) is 0 Å². The van der Waals surface area contributed by atoms with Crippen molar-refractivity contribution in [3.8, 4) is 11.1 Å². The molecular weight excluding hydrogens is 721 g/mol. The van der Waals surface area contributed by atoms with Gasteiger partial charge in [0.15, 0.2) is 0 Å². The van der Waals surface area contributed by atoms with Crippen LogP contribution in [0.3, 0.4) is 0 Å². The summed E-state index contributed by atoms with van der Waals surface area (Å²) >= 11 is 0. The molecule has 0 aliphatic carbocycles. The molecule has 0 saturated carbocycles. The molecule has 1 fully saturated rings. The molecule has 2 aliphatic heterocycles. The summed E-state index contributed by atoms with van der Waals surface area (Å²) in [4.78, 5) is 82.2. The number of benzene rings is 4. The maximum absolute atomic E-state index is 14.8. The monoisotopic (exact) mass is 768 g/mol. The molecule has 294 valence electrons. The highest BCUT2D eigenvalue weighted by molar-refractivity contribution is 5.97. The molecule has 2 bridgehead atoms. The highest BCUT2D eigenvalue weighted by Gasteiger charge is 2.44. The van der Waals surface area contributed by atoms with E-state index in [1.807, 2.05) is 84.9 Å². The minimum Gasteiger partial charge on any atom is -0.368 e. The van der Waals surface area contributed by atoms with E-state index in [1.54, 1.807) is 29.2 Å². The first-order chi connectivity index (χ1) is 27.6. The fourth-order valence-corrected chi connectivity index (χ4v) is 7.50. The Bertz CT molecular complexity index is 2110. The maximum atomic E-state index is 14.8. The van der Waals surface area contributed by atoms with Crippen LogP contribution in [0.4, 0.5) is 0 Å². The summed E-state index contributed by atoms with van der Waals surface area (Å²) in [6.07, 6.45) is 3.72. The predicted octanol–water partition coefficient (Wildman–Crippen LogP) is 3.14. The molecule has 6 rings (SSSR count). The third-order valence-electron chi connectivity index (χ3n) is 10.6. The van der Waals surface area contributed by atoms with Gasteiger partial charge in [-0.1, -0.05) is 109 Å². The Morgan fingerprint density at radius 2 is 1.40 bits per heavy atom. The van der Waals surface area contributed by atoms with Crippen molar-refractivity contribution in [3.05, 3.63) is 144 Å². The van der Waals surface area contributed by atoms with Crippen molar-refractivity contribution in [2.24, 2.45) is 11.1 Å². The number of nitrogens with one attached hydrogen (secondary N) is 4. The quantitative estimate of drug-likeness (QED) is 0.201. The first-order valence-corrected chi connectivity index (χ1v) is 19.3. The number of nitrogens with two attached hydrogens (primary N) is 1. The minimum absolute atomic E-state index is 0.0102. The second-order valence-corrected chi connectivity index (χ2v) is 14.7. The summed E-state index contributed by atoms with van der Waals surface area (Å²) in [5, 5.41) is 11.4. The molecule has 4 aromatic rings. The zero-order valence-electron chi connectivity index (χ0n) is 31.7. The summed E-state index contributed by atoms with van der Waals surface area (Å²) in [6, 6.07) is 32.5. The van der Waals surface area contributed by atoms with E-state index in [-0.39, 0.29) is 44.8 Å². The van der Waals surface area contributed by atoms with Crippen LogP contribution in [0.1, 0.15) is 41.5 Å². The van der Waals surface area contributed by atoms with Gasteiger partial charge in [-0.05, 0) is 59.1 Å². The topological polar surface area (TPSA) is 180 Å². The van der Waals surface area contributed by atoms with Gasteiger partial charge in [-0.25, -0.2) is 0 Å². The smallest absolute Gasteiger partial charge is 0.246 e. The van der Waals surface area contributed by atoms with E-state index >= 15 is 0 Å².